The largest absolute Gasteiger partial charge is 0.397 e. The molecule has 0 radical (unpaired) electrons. The van der Waals surface area contributed by atoms with Crippen molar-refractivity contribution in [3.63, 3.8) is 0 Å². The molecule has 0 saturated carbocycles. The van der Waals surface area contributed by atoms with Gasteiger partial charge in [0.25, 0.3) is 0 Å². The van der Waals surface area contributed by atoms with Crippen molar-refractivity contribution in [2.75, 3.05) is 39.6 Å². The quantitative estimate of drug-likeness (QED) is 0.303. The van der Waals surface area contributed by atoms with Gasteiger partial charge >= 0.3 is 0 Å². The van der Waals surface area contributed by atoms with Crippen molar-refractivity contribution in [2.24, 2.45) is 0 Å². The first-order chi connectivity index (χ1) is 8.49. The summed E-state index contributed by atoms with van der Waals surface area (Å²) < 4.78 is 0. The molecule has 6 nitrogen and oxygen atoms in total. The topological polar surface area (TPSA) is 121 Å². The molecule has 0 aromatic heterocycles. The van der Waals surface area contributed by atoms with E-state index in [-0.39, 0.29) is 60.7 Å². The van der Waals surface area contributed by atoms with Crippen LogP contribution in [-0.4, -0.2) is 70.3 Å². The van der Waals surface area contributed by atoms with Crippen molar-refractivity contribution in [1.29, 1.82) is 0 Å². The van der Waals surface area contributed by atoms with Crippen molar-refractivity contribution in [3.8, 4) is 0 Å². The van der Waals surface area contributed by atoms with Gasteiger partial charge in [-0.1, -0.05) is 0 Å². The Morgan fingerprint density at radius 2 is 0.368 bits per heavy atom. The molecular formula is C12H36O6W. The minimum atomic E-state index is 0. The number of hydrogen-bond acceptors (Lipinski definition) is 6. The van der Waals surface area contributed by atoms with Gasteiger partial charge in [-0.3, -0.25) is 0 Å². The molecule has 0 aromatic rings. The van der Waals surface area contributed by atoms with Crippen LogP contribution in [0.4, 0.5) is 0 Å². The van der Waals surface area contributed by atoms with E-state index in [1.165, 1.54) is 0 Å². The first-order valence-corrected chi connectivity index (χ1v) is 6.14. The fourth-order valence-corrected chi connectivity index (χ4v) is 0. The summed E-state index contributed by atoms with van der Waals surface area (Å²) in [6.45, 7) is 11.6. The van der Waals surface area contributed by atoms with Gasteiger partial charge in [0.1, 0.15) is 0 Å². The van der Waals surface area contributed by atoms with Gasteiger partial charge in [-0.2, -0.15) is 0 Å². The summed E-state index contributed by atoms with van der Waals surface area (Å²) in [5.41, 5.74) is 0. The van der Waals surface area contributed by atoms with Gasteiger partial charge in [-0.15, -0.1) is 0 Å². The van der Waals surface area contributed by atoms with E-state index < -0.39 is 0 Å². The molecule has 0 aromatic carbocycles. The van der Waals surface area contributed by atoms with E-state index >= 15 is 0 Å². The van der Waals surface area contributed by atoms with Crippen LogP contribution in [0.2, 0.25) is 0 Å². The number of aliphatic hydroxyl groups excluding tert-OH is 6. The molecule has 0 saturated heterocycles. The second-order valence-corrected chi connectivity index (χ2v) is 1.90. The second kappa shape index (κ2) is 135. The number of aliphatic hydroxyl groups is 6. The summed E-state index contributed by atoms with van der Waals surface area (Å²) in [7, 11) is 0. The van der Waals surface area contributed by atoms with Gasteiger partial charge in [0.05, 0.1) is 0 Å². The van der Waals surface area contributed by atoms with Crippen LogP contribution in [0, 0.1) is 0 Å². The maximum Gasteiger partial charge on any atom is 0.0402 e. The van der Waals surface area contributed by atoms with Crippen LogP contribution in [0.5, 0.6) is 0 Å². The maximum atomic E-state index is 7.57. The summed E-state index contributed by atoms with van der Waals surface area (Å²) in [5, 5.41) is 45.4. The Balaban J connectivity index is -0.0000000180. The van der Waals surface area contributed by atoms with E-state index in [9.17, 15) is 0 Å². The normalized spacial score (nSPS) is 5.68. The first kappa shape index (κ1) is 42.7. The van der Waals surface area contributed by atoms with E-state index in [0.29, 0.717) is 0 Å². The Labute approximate surface area is 133 Å². The maximum absolute atomic E-state index is 7.57. The third kappa shape index (κ3) is 24800. The molecule has 0 rings (SSSR count). The Bertz CT molecular complexity index is 37.7. The Morgan fingerprint density at radius 1 is 0.368 bits per heavy atom. The zero-order valence-corrected chi connectivity index (χ0v) is 16.3. The zero-order chi connectivity index (χ0) is 16.2. The van der Waals surface area contributed by atoms with Gasteiger partial charge in [0, 0.05) is 60.7 Å². The van der Waals surface area contributed by atoms with E-state index in [4.69, 9.17) is 30.6 Å². The molecular weight excluding hydrogens is 424 g/mol. The van der Waals surface area contributed by atoms with E-state index in [1.807, 2.05) is 0 Å². The van der Waals surface area contributed by atoms with E-state index in [0.717, 1.165) is 0 Å². The van der Waals surface area contributed by atoms with Crippen molar-refractivity contribution >= 4 is 0 Å². The molecule has 0 aliphatic rings. The molecule has 0 fully saturated rings. The standard InChI is InChI=1S/6C2H6O.W/c6*1-2-3;/h6*3H,2H2,1H3;. The molecule has 6 N–H and O–H groups in total. The molecule has 126 valence electrons. The summed E-state index contributed by atoms with van der Waals surface area (Å²) in [6, 6.07) is 0. The van der Waals surface area contributed by atoms with Gasteiger partial charge < -0.3 is 30.6 Å². The summed E-state index contributed by atoms with van der Waals surface area (Å²) in [5.74, 6) is 0. The van der Waals surface area contributed by atoms with Crippen LogP contribution in [0.15, 0.2) is 0 Å². The molecule has 0 bridgehead atoms. The molecule has 19 heavy (non-hydrogen) atoms. The van der Waals surface area contributed by atoms with Crippen LogP contribution in [0.25, 0.3) is 0 Å². The molecule has 7 heteroatoms. The fraction of sp³-hybridized carbons (Fsp3) is 1.00. The van der Waals surface area contributed by atoms with Crippen molar-refractivity contribution in [3.05, 3.63) is 0 Å². The van der Waals surface area contributed by atoms with Crippen molar-refractivity contribution < 1.29 is 51.7 Å². The Morgan fingerprint density at radius 3 is 0.368 bits per heavy atom. The zero-order valence-electron chi connectivity index (χ0n) is 13.3. The minimum absolute atomic E-state index is 0. The van der Waals surface area contributed by atoms with E-state index in [2.05, 4.69) is 0 Å². The fourth-order valence-electron chi connectivity index (χ4n) is 0. The van der Waals surface area contributed by atoms with Crippen molar-refractivity contribution in [1.82, 2.24) is 0 Å². The third-order valence-corrected chi connectivity index (χ3v) is 0. The SMILES string of the molecule is CCO.CCO.CCO.CCO.CCO.CCO.[W]. The molecule has 0 spiro atoms. The summed E-state index contributed by atoms with van der Waals surface area (Å²) in [6.07, 6.45) is 0. The number of hydrogen-bond donors (Lipinski definition) is 6. The Hall–Kier alpha value is 0.448. The molecule has 0 atom stereocenters. The van der Waals surface area contributed by atoms with Crippen LogP contribution in [-0.2, 0) is 21.1 Å². The van der Waals surface area contributed by atoms with Crippen LogP contribution < -0.4 is 0 Å². The van der Waals surface area contributed by atoms with Gasteiger partial charge in [0.2, 0.25) is 0 Å². The average molecular weight is 460 g/mol. The van der Waals surface area contributed by atoms with Crippen LogP contribution in [0.1, 0.15) is 41.5 Å². The van der Waals surface area contributed by atoms with Crippen molar-refractivity contribution in [2.45, 2.75) is 41.5 Å². The summed E-state index contributed by atoms with van der Waals surface area (Å²) >= 11 is 0. The predicted octanol–water partition coefficient (Wildman–Crippen LogP) is -0.0109. The second-order valence-electron chi connectivity index (χ2n) is 1.90. The number of rotatable bonds is 0. The predicted molar refractivity (Wildman–Crippen MR) is 76.6 cm³/mol. The van der Waals surface area contributed by atoms with Gasteiger partial charge in [-0.05, 0) is 41.5 Å². The van der Waals surface area contributed by atoms with Gasteiger partial charge in [0.15, 0.2) is 0 Å². The molecule has 0 amide bonds. The first-order valence-electron chi connectivity index (χ1n) is 6.14. The molecule has 0 heterocycles. The molecule has 0 aliphatic heterocycles. The average Bonchev–Trinajstić information content (AvgIpc) is 2.23. The third-order valence-electron chi connectivity index (χ3n) is 0. The Kier molecular flexibility index (Phi) is 304. The van der Waals surface area contributed by atoms with Crippen LogP contribution >= 0.6 is 0 Å². The molecule has 0 unspecified atom stereocenters. The monoisotopic (exact) mass is 460 g/mol. The summed E-state index contributed by atoms with van der Waals surface area (Å²) in [4.78, 5) is 0. The minimum Gasteiger partial charge on any atom is -0.397 e. The van der Waals surface area contributed by atoms with E-state index in [1.54, 1.807) is 41.5 Å². The smallest absolute Gasteiger partial charge is 0.0402 e. The molecule has 0 aliphatic carbocycles. The van der Waals surface area contributed by atoms with Gasteiger partial charge in [-0.25, -0.2) is 0 Å². The van der Waals surface area contributed by atoms with Crippen LogP contribution in [0.3, 0.4) is 0 Å².